The molecule has 7 heteroatoms. The smallest absolute Gasteiger partial charge is 0.364 e. The number of fused-ring (bicyclic) bond motifs is 4. The summed E-state index contributed by atoms with van der Waals surface area (Å²) in [5.74, 6) is 1.96. The number of benzene rings is 3. The van der Waals surface area contributed by atoms with E-state index in [9.17, 15) is 0 Å². The maximum absolute atomic E-state index is 8.49. The first-order valence-corrected chi connectivity index (χ1v) is 12.3. The molecule has 34 heavy (non-hydrogen) atoms. The fourth-order valence-electron chi connectivity index (χ4n) is 4.54. The lowest BCUT2D eigenvalue weighted by molar-refractivity contribution is -2.00. The second-order valence-electron chi connectivity index (χ2n) is 8.12. The quantitative estimate of drug-likeness (QED) is 0.403. The highest BCUT2D eigenvalue weighted by Crippen LogP contribution is 2.40. The Kier molecular flexibility index (Phi) is 7.46. The maximum Gasteiger partial charge on any atom is 0.364 e. The van der Waals surface area contributed by atoms with Gasteiger partial charge in [-0.2, -0.15) is 0 Å². The van der Waals surface area contributed by atoms with Crippen molar-refractivity contribution in [3.05, 3.63) is 95.1 Å². The SMILES string of the molecule is COc1ccc2c(c1)CCc1c-2[o+]c2ccccc2c1CCCc1ccccc1.[O-][Cl+3]([O-])([O-])[O-]. The lowest BCUT2D eigenvalue weighted by Gasteiger charge is -2.17. The van der Waals surface area contributed by atoms with E-state index in [4.69, 9.17) is 27.8 Å². The summed E-state index contributed by atoms with van der Waals surface area (Å²) in [7, 11) is -3.22. The van der Waals surface area contributed by atoms with Crippen molar-refractivity contribution in [3.8, 4) is 17.1 Å². The van der Waals surface area contributed by atoms with Gasteiger partial charge in [0, 0.05) is 6.07 Å². The fraction of sp³-hybridized carbons (Fsp3) is 0.222. The van der Waals surface area contributed by atoms with E-state index in [1.165, 1.54) is 33.2 Å². The number of halogens is 1. The van der Waals surface area contributed by atoms with E-state index in [2.05, 4.69) is 66.7 Å². The summed E-state index contributed by atoms with van der Waals surface area (Å²) >= 11 is 0. The third kappa shape index (κ3) is 5.91. The summed E-state index contributed by atoms with van der Waals surface area (Å²) in [5, 5.41) is 1.26. The molecule has 0 atom stereocenters. The van der Waals surface area contributed by atoms with Gasteiger partial charge in [0.05, 0.1) is 23.6 Å². The van der Waals surface area contributed by atoms with Crippen molar-refractivity contribution in [2.45, 2.75) is 32.1 Å². The molecule has 1 aromatic heterocycles. The van der Waals surface area contributed by atoms with E-state index >= 15 is 0 Å². The Hall–Kier alpha value is -3.00. The Morgan fingerprint density at radius 2 is 1.56 bits per heavy atom. The van der Waals surface area contributed by atoms with Crippen LogP contribution >= 0.6 is 0 Å². The van der Waals surface area contributed by atoms with E-state index < -0.39 is 10.2 Å². The van der Waals surface area contributed by atoms with Crippen LogP contribution in [0.5, 0.6) is 5.75 Å². The van der Waals surface area contributed by atoms with Crippen molar-refractivity contribution in [2.75, 3.05) is 7.11 Å². The Labute approximate surface area is 200 Å². The van der Waals surface area contributed by atoms with Crippen LogP contribution in [0.2, 0.25) is 0 Å². The molecule has 0 unspecified atom stereocenters. The summed E-state index contributed by atoms with van der Waals surface area (Å²) < 4.78 is 45.8. The molecule has 176 valence electrons. The van der Waals surface area contributed by atoms with Gasteiger partial charge in [-0.1, -0.05) is 42.5 Å². The molecule has 4 aromatic rings. The molecule has 0 bridgehead atoms. The second kappa shape index (κ2) is 10.5. The average Bonchev–Trinajstić information content (AvgIpc) is 2.82. The van der Waals surface area contributed by atoms with E-state index in [0.717, 1.165) is 49.2 Å². The van der Waals surface area contributed by atoms with Gasteiger partial charge in [-0.25, -0.2) is 23.1 Å². The van der Waals surface area contributed by atoms with Crippen LogP contribution in [0.1, 0.15) is 28.7 Å². The molecule has 0 radical (unpaired) electrons. The van der Waals surface area contributed by atoms with Gasteiger partial charge in [0.1, 0.15) is 5.75 Å². The molecule has 0 fully saturated rings. The van der Waals surface area contributed by atoms with Gasteiger partial charge in [-0.05, 0) is 73.1 Å². The number of methoxy groups -OCH3 is 1. The van der Waals surface area contributed by atoms with E-state index in [-0.39, 0.29) is 0 Å². The first-order chi connectivity index (χ1) is 16.3. The predicted molar refractivity (Wildman–Crippen MR) is 118 cm³/mol. The highest BCUT2D eigenvalue weighted by Gasteiger charge is 2.31. The zero-order valence-electron chi connectivity index (χ0n) is 18.8. The van der Waals surface area contributed by atoms with Crippen molar-refractivity contribution < 1.29 is 38.0 Å². The number of aryl methyl sites for hydroxylation is 3. The number of para-hydroxylation sites is 1. The summed E-state index contributed by atoms with van der Waals surface area (Å²) in [4.78, 5) is 0. The normalized spacial score (nSPS) is 12.4. The van der Waals surface area contributed by atoms with Crippen LogP contribution in [-0.2, 0) is 25.7 Å². The molecule has 0 N–H and O–H groups in total. The van der Waals surface area contributed by atoms with Crippen LogP contribution in [0.25, 0.3) is 22.3 Å². The standard InChI is InChI=1S/C27H25O2.ClHO4/c1-28-21-15-17-22-20(18-21)14-16-25-23(12-7-10-19-8-3-2-4-9-19)24-11-5-6-13-26(24)29-27(22)25;2-1(3,4)5/h2-6,8-9,11,13,15,17-18H,7,10,12,14,16H2,1H3;(H,2,3,4,5)/q+1;/p-1. The molecule has 5 rings (SSSR count). The number of ether oxygens (including phenoxy) is 1. The third-order valence-electron chi connectivity index (χ3n) is 6.00. The van der Waals surface area contributed by atoms with Crippen LogP contribution < -0.4 is 23.4 Å². The highest BCUT2D eigenvalue weighted by molar-refractivity contribution is 5.86. The highest BCUT2D eigenvalue weighted by atomic mass is 35.7. The fourth-order valence-corrected chi connectivity index (χ4v) is 4.54. The summed E-state index contributed by atoms with van der Waals surface area (Å²) in [6.07, 6.45) is 5.35. The predicted octanol–water partition coefficient (Wildman–Crippen LogP) is 1.91. The van der Waals surface area contributed by atoms with Crippen molar-refractivity contribution in [1.82, 2.24) is 0 Å². The van der Waals surface area contributed by atoms with E-state index in [0.29, 0.717) is 0 Å². The first kappa shape index (κ1) is 24.1. The lowest BCUT2D eigenvalue weighted by atomic mass is 9.85. The first-order valence-electron chi connectivity index (χ1n) is 11.0. The molecular formula is C27H25ClO6. The Bertz CT molecular complexity index is 1260. The van der Waals surface area contributed by atoms with Crippen LogP contribution in [0.4, 0.5) is 0 Å². The number of hydrogen-bond donors (Lipinski definition) is 0. The van der Waals surface area contributed by atoms with Gasteiger partial charge in [0.2, 0.25) is 0 Å². The van der Waals surface area contributed by atoms with Gasteiger partial charge in [-0.15, -0.1) is 10.2 Å². The molecule has 0 spiro atoms. The zero-order valence-corrected chi connectivity index (χ0v) is 19.5. The van der Waals surface area contributed by atoms with Crippen LogP contribution in [-0.4, -0.2) is 7.11 Å². The molecule has 1 heterocycles. The van der Waals surface area contributed by atoms with Gasteiger partial charge in [-0.3, -0.25) is 0 Å². The van der Waals surface area contributed by atoms with Crippen molar-refractivity contribution in [2.24, 2.45) is 0 Å². The van der Waals surface area contributed by atoms with Gasteiger partial charge < -0.3 is 4.74 Å². The average molecular weight is 481 g/mol. The Morgan fingerprint density at radius 3 is 2.29 bits per heavy atom. The van der Waals surface area contributed by atoms with E-state index in [1.807, 2.05) is 6.07 Å². The topological polar surface area (TPSA) is 113 Å². The zero-order chi connectivity index (χ0) is 24.1. The second-order valence-corrected chi connectivity index (χ2v) is 8.88. The van der Waals surface area contributed by atoms with Crippen molar-refractivity contribution in [3.63, 3.8) is 0 Å². The van der Waals surface area contributed by atoms with Gasteiger partial charge >= 0.3 is 11.3 Å². The Morgan fingerprint density at radius 1 is 0.853 bits per heavy atom. The van der Waals surface area contributed by atoms with Crippen molar-refractivity contribution >= 4 is 11.0 Å². The number of rotatable bonds is 5. The van der Waals surface area contributed by atoms with Crippen molar-refractivity contribution in [1.29, 1.82) is 0 Å². The molecule has 3 aromatic carbocycles. The maximum atomic E-state index is 8.49. The largest absolute Gasteiger partial charge is 0.497 e. The summed E-state index contributed by atoms with van der Waals surface area (Å²) in [6, 6.07) is 25.6. The number of hydrogen-bond acceptors (Lipinski definition) is 5. The summed E-state index contributed by atoms with van der Waals surface area (Å²) in [6.45, 7) is 0. The molecule has 0 aliphatic heterocycles. The minimum Gasteiger partial charge on any atom is -0.497 e. The third-order valence-corrected chi connectivity index (χ3v) is 6.00. The molecule has 1 aliphatic rings. The Balaban J connectivity index is 0.000000499. The molecule has 6 nitrogen and oxygen atoms in total. The molecular weight excluding hydrogens is 456 g/mol. The lowest BCUT2D eigenvalue weighted by Crippen LogP contribution is -2.68. The molecule has 1 aliphatic carbocycles. The van der Waals surface area contributed by atoms with Crippen LogP contribution in [0.3, 0.4) is 0 Å². The monoisotopic (exact) mass is 480 g/mol. The molecule has 0 saturated carbocycles. The minimum atomic E-state index is -4.94. The van der Waals surface area contributed by atoms with Crippen LogP contribution in [0, 0.1) is 10.2 Å². The van der Waals surface area contributed by atoms with Gasteiger partial charge in [0.25, 0.3) is 0 Å². The van der Waals surface area contributed by atoms with E-state index in [1.54, 1.807) is 7.11 Å². The van der Waals surface area contributed by atoms with Gasteiger partial charge in [0.15, 0.2) is 0 Å². The molecule has 0 saturated heterocycles. The van der Waals surface area contributed by atoms with Crippen LogP contribution in [0.15, 0.2) is 77.2 Å². The summed E-state index contributed by atoms with van der Waals surface area (Å²) in [5.41, 5.74) is 7.75. The molecule has 0 amide bonds. The minimum absolute atomic E-state index is 0.913.